The van der Waals surface area contributed by atoms with Crippen molar-refractivity contribution in [1.29, 1.82) is 0 Å². The molecule has 0 radical (unpaired) electrons. The van der Waals surface area contributed by atoms with Gasteiger partial charge in [-0.05, 0) is 36.5 Å². The van der Waals surface area contributed by atoms with Crippen molar-refractivity contribution in [3.63, 3.8) is 0 Å². The number of ether oxygens (including phenoxy) is 1. The summed E-state index contributed by atoms with van der Waals surface area (Å²) >= 11 is 0. The van der Waals surface area contributed by atoms with Gasteiger partial charge in [0.2, 0.25) is 0 Å². The third-order valence-corrected chi connectivity index (χ3v) is 3.98. The first kappa shape index (κ1) is 18.1. The van der Waals surface area contributed by atoms with Crippen LogP contribution in [-0.2, 0) is 10.2 Å². The average molecular weight is 325 g/mol. The summed E-state index contributed by atoms with van der Waals surface area (Å²) in [5.74, 6) is 0.655. The fourth-order valence-electron chi connectivity index (χ4n) is 2.61. The summed E-state index contributed by atoms with van der Waals surface area (Å²) < 4.78 is 5.81. The molecule has 0 spiro atoms. The molecule has 0 aliphatic heterocycles. The lowest BCUT2D eigenvalue weighted by atomic mass is 9.85. The quantitative estimate of drug-likeness (QED) is 0.876. The zero-order valence-corrected chi connectivity index (χ0v) is 15.2. The standard InChI is InChI=1S/C21H27NO2/c1-15-11-12-19(18(13-15)21(3,4)5)24-14-20(23)22-16(2)17-9-7-6-8-10-17/h6-13,16H,14H2,1-5H3,(H,22,23)/t16-/m0/s1. The van der Waals surface area contributed by atoms with E-state index in [1.165, 1.54) is 5.56 Å². The van der Waals surface area contributed by atoms with Gasteiger partial charge in [-0.2, -0.15) is 0 Å². The lowest BCUT2D eigenvalue weighted by molar-refractivity contribution is -0.123. The summed E-state index contributed by atoms with van der Waals surface area (Å²) in [5.41, 5.74) is 3.35. The number of rotatable bonds is 5. The maximum Gasteiger partial charge on any atom is 0.258 e. The van der Waals surface area contributed by atoms with Crippen molar-refractivity contribution in [3.8, 4) is 5.75 Å². The summed E-state index contributed by atoms with van der Waals surface area (Å²) in [7, 11) is 0. The Hall–Kier alpha value is -2.29. The Balaban J connectivity index is 2.00. The SMILES string of the molecule is Cc1ccc(OCC(=O)N[C@@H](C)c2ccccc2)c(C(C)(C)C)c1. The number of hydrogen-bond donors (Lipinski definition) is 1. The van der Waals surface area contributed by atoms with Gasteiger partial charge >= 0.3 is 0 Å². The van der Waals surface area contributed by atoms with E-state index in [1.54, 1.807) is 0 Å². The van der Waals surface area contributed by atoms with Crippen LogP contribution in [0.4, 0.5) is 0 Å². The van der Waals surface area contributed by atoms with E-state index in [4.69, 9.17) is 4.74 Å². The lowest BCUT2D eigenvalue weighted by Gasteiger charge is -2.23. The second-order valence-electron chi connectivity index (χ2n) is 7.24. The van der Waals surface area contributed by atoms with Gasteiger partial charge in [0.15, 0.2) is 6.61 Å². The Morgan fingerprint density at radius 2 is 1.79 bits per heavy atom. The fourth-order valence-corrected chi connectivity index (χ4v) is 2.61. The molecular formula is C21H27NO2. The maximum absolute atomic E-state index is 12.2. The summed E-state index contributed by atoms with van der Waals surface area (Å²) in [5, 5.41) is 2.97. The van der Waals surface area contributed by atoms with Crippen LogP contribution in [0.3, 0.4) is 0 Å². The minimum atomic E-state index is -0.119. The molecule has 0 heterocycles. The zero-order chi connectivity index (χ0) is 17.7. The number of hydrogen-bond acceptors (Lipinski definition) is 2. The number of aryl methyl sites for hydroxylation is 1. The number of amides is 1. The van der Waals surface area contributed by atoms with Crippen molar-refractivity contribution in [3.05, 3.63) is 65.2 Å². The highest BCUT2D eigenvalue weighted by atomic mass is 16.5. The Kier molecular flexibility index (Phi) is 5.66. The molecule has 0 aliphatic rings. The largest absolute Gasteiger partial charge is 0.483 e. The molecule has 2 rings (SSSR count). The molecule has 0 saturated carbocycles. The fraction of sp³-hybridized carbons (Fsp3) is 0.381. The van der Waals surface area contributed by atoms with E-state index in [1.807, 2.05) is 49.4 Å². The van der Waals surface area contributed by atoms with Gasteiger partial charge < -0.3 is 10.1 Å². The van der Waals surface area contributed by atoms with E-state index in [-0.39, 0.29) is 24.0 Å². The van der Waals surface area contributed by atoms with Crippen molar-refractivity contribution in [2.75, 3.05) is 6.61 Å². The molecule has 0 aliphatic carbocycles. The number of carbonyl (C=O) groups excluding carboxylic acids is 1. The smallest absolute Gasteiger partial charge is 0.258 e. The summed E-state index contributed by atoms with van der Waals surface area (Å²) in [6.07, 6.45) is 0. The van der Waals surface area contributed by atoms with Crippen LogP contribution in [0.1, 0.15) is 50.4 Å². The lowest BCUT2D eigenvalue weighted by Crippen LogP contribution is -2.31. The first-order valence-electron chi connectivity index (χ1n) is 8.35. The van der Waals surface area contributed by atoms with Gasteiger partial charge in [0.1, 0.15) is 5.75 Å². The molecule has 1 atom stereocenters. The predicted molar refractivity (Wildman–Crippen MR) is 98.4 cm³/mol. The predicted octanol–water partition coefficient (Wildman–Crippen LogP) is 4.55. The van der Waals surface area contributed by atoms with Crippen LogP contribution in [0.5, 0.6) is 5.75 Å². The number of benzene rings is 2. The molecule has 1 N–H and O–H groups in total. The molecule has 0 saturated heterocycles. The zero-order valence-electron chi connectivity index (χ0n) is 15.2. The summed E-state index contributed by atoms with van der Waals surface area (Å²) in [6, 6.07) is 16.0. The third-order valence-electron chi connectivity index (χ3n) is 3.98. The van der Waals surface area contributed by atoms with Crippen LogP contribution >= 0.6 is 0 Å². The van der Waals surface area contributed by atoms with Gasteiger partial charge in [-0.25, -0.2) is 0 Å². The van der Waals surface area contributed by atoms with E-state index in [2.05, 4.69) is 39.1 Å². The van der Waals surface area contributed by atoms with Crippen molar-refractivity contribution >= 4 is 5.91 Å². The molecule has 0 fully saturated rings. The summed E-state index contributed by atoms with van der Waals surface area (Å²) in [4.78, 5) is 12.2. The topological polar surface area (TPSA) is 38.3 Å². The highest BCUT2D eigenvalue weighted by Gasteiger charge is 2.20. The van der Waals surface area contributed by atoms with Crippen molar-refractivity contribution < 1.29 is 9.53 Å². The van der Waals surface area contributed by atoms with Crippen molar-refractivity contribution in [2.24, 2.45) is 0 Å². The second kappa shape index (κ2) is 7.52. The number of carbonyl (C=O) groups is 1. The van der Waals surface area contributed by atoms with Crippen LogP contribution in [0.25, 0.3) is 0 Å². The first-order valence-corrected chi connectivity index (χ1v) is 8.35. The first-order chi connectivity index (χ1) is 11.3. The average Bonchev–Trinajstić information content (AvgIpc) is 2.53. The highest BCUT2D eigenvalue weighted by Crippen LogP contribution is 2.32. The molecule has 2 aromatic rings. The van der Waals surface area contributed by atoms with Crippen LogP contribution in [-0.4, -0.2) is 12.5 Å². The van der Waals surface area contributed by atoms with Crippen molar-refractivity contribution in [1.82, 2.24) is 5.32 Å². The second-order valence-corrected chi connectivity index (χ2v) is 7.24. The minimum absolute atomic E-state index is 0.0172. The van der Waals surface area contributed by atoms with Crippen LogP contribution in [0.2, 0.25) is 0 Å². The molecule has 0 aromatic heterocycles. The van der Waals surface area contributed by atoms with Gasteiger partial charge in [0, 0.05) is 0 Å². The van der Waals surface area contributed by atoms with Crippen LogP contribution in [0.15, 0.2) is 48.5 Å². The molecule has 128 valence electrons. The number of nitrogens with one attached hydrogen (secondary N) is 1. The molecule has 3 heteroatoms. The molecule has 24 heavy (non-hydrogen) atoms. The normalized spacial score (nSPS) is 12.5. The van der Waals surface area contributed by atoms with Crippen LogP contribution in [0, 0.1) is 6.92 Å². The van der Waals surface area contributed by atoms with Gasteiger partial charge in [-0.1, -0.05) is 68.8 Å². The Labute approximate surface area is 145 Å². The van der Waals surface area contributed by atoms with Gasteiger partial charge in [-0.15, -0.1) is 0 Å². The van der Waals surface area contributed by atoms with E-state index in [0.29, 0.717) is 0 Å². The molecule has 2 aromatic carbocycles. The molecular weight excluding hydrogens is 298 g/mol. The van der Waals surface area contributed by atoms with E-state index >= 15 is 0 Å². The van der Waals surface area contributed by atoms with Gasteiger partial charge in [0.25, 0.3) is 5.91 Å². The van der Waals surface area contributed by atoms with Crippen molar-refractivity contribution in [2.45, 2.75) is 46.1 Å². The van der Waals surface area contributed by atoms with Gasteiger partial charge in [-0.3, -0.25) is 4.79 Å². The molecule has 0 bridgehead atoms. The third kappa shape index (κ3) is 4.85. The Morgan fingerprint density at radius 3 is 2.42 bits per heavy atom. The Morgan fingerprint density at radius 1 is 1.12 bits per heavy atom. The van der Waals surface area contributed by atoms with E-state index in [9.17, 15) is 4.79 Å². The van der Waals surface area contributed by atoms with E-state index in [0.717, 1.165) is 16.9 Å². The molecule has 1 amide bonds. The molecule has 0 unspecified atom stereocenters. The highest BCUT2D eigenvalue weighted by molar-refractivity contribution is 5.78. The van der Waals surface area contributed by atoms with E-state index < -0.39 is 0 Å². The summed E-state index contributed by atoms with van der Waals surface area (Å²) in [6.45, 7) is 10.5. The minimum Gasteiger partial charge on any atom is -0.483 e. The van der Waals surface area contributed by atoms with Gasteiger partial charge in [0.05, 0.1) is 6.04 Å². The Bertz CT molecular complexity index is 687. The monoisotopic (exact) mass is 325 g/mol. The van der Waals surface area contributed by atoms with Crippen LogP contribution < -0.4 is 10.1 Å². The maximum atomic E-state index is 12.2. The molecule has 3 nitrogen and oxygen atoms in total.